The van der Waals surface area contributed by atoms with E-state index >= 15 is 0 Å². The summed E-state index contributed by atoms with van der Waals surface area (Å²) in [5.74, 6) is 0.552. The van der Waals surface area contributed by atoms with Crippen molar-refractivity contribution in [2.75, 3.05) is 9.74 Å². The molecule has 0 fully saturated rings. The second-order valence-electron chi connectivity index (χ2n) is 8.30. The largest absolute Gasteiger partial charge is 0.415 e. The van der Waals surface area contributed by atoms with Crippen LogP contribution in [0.3, 0.4) is 0 Å². The molecule has 4 rings (SSSR count). The lowest BCUT2D eigenvalue weighted by atomic mass is 9.96. The van der Waals surface area contributed by atoms with E-state index in [-0.39, 0.29) is 12.0 Å². The van der Waals surface area contributed by atoms with E-state index in [2.05, 4.69) is 56.5 Å². The van der Waals surface area contributed by atoms with Crippen molar-refractivity contribution in [2.24, 2.45) is 5.92 Å². The highest BCUT2D eigenvalue weighted by molar-refractivity contribution is 14.1. The molecule has 1 unspecified atom stereocenters. The van der Waals surface area contributed by atoms with Gasteiger partial charge in [0.05, 0.1) is 17.4 Å². The predicted octanol–water partition coefficient (Wildman–Crippen LogP) is 8.40. The SMILES string of the molecule is C=C(/C=C(/c1cc2n(n1)CCCC2Nc1nccc2cccnc12)C(C)C)C(F)(F)F.CC.CCI. The minimum absolute atomic E-state index is 0.0608. The summed E-state index contributed by atoms with van der Waals surface area (Å²) >= 11 is 2.29. The summed E-state index contributed by atoms with van der Waals surface area (Å²) in [7, 11) is 0. The van der Waals surface area contributed by atoms with Gasteiger partial charge >= 0.3 is 6.18 Å². The molecule has 0 aromatic carbocycles. The fourth-order valence-electron chi connectivity index (χ4n) is 3.85. The molecule has 1 atom stereocenters. The summed E-state index contributed by atoms with van der Waals surface area (Å²) in [4.78, 5) is 8.90. The Balaban J connectivity index is 0.000000850. The third kappa shape index (κ3) is 7.54. The van der Waals surface area contributed by atoms with Gasteiger partial charge in [0.25, 0.3) is 0 Å². The molecule has 3 aromatic rings. The number of rotatable bonds is 5. The van der Waals surface area contributed by atoms with E-state index in [0.29, 0.717) is 17.1 Å². The smallest absolute Gasteiger partial charge is 0.360 e. The number of fused-ring (bicyclic) bond motifs is 2. The molecule has 0 amide bonds. The van der Waals surface area contributed by atoms with E-state index in [0.717, 1.165) is 42.1 Å². The maximum Gasteiger partial charge on any atom is 0.415 e. The number of allylic oxidation sites excluding steroid dienone is 3. The molecular weight excluding hydrogens is 578 g/mol. The van der Waals surface area contributed by atoms with Crippen molar-refractivity contribution in [3.05, 3.63) is 66.3 Å². The summed E-state index contributed by atoms with van der Waals surface area (Å²) in [5.41, 5.74) is 1.91. The van der Waals surface area contributed by atoms with Crippen molar-refractivity contribution in [3.63, 3.8) is 0 Å². The molecule has 0 radical (unpaired) electrons. The summed E-state index contributed by atoms with van der Waals surface area (Å²) < 4.78 is 42.3. The first kappa shape index (κ1) is 29.8. The van der Waals surface area contributed by atoms with Gasteiger partial charge in [0, 0.05) is 29.9 Å². The third-order valence-corrected chi connectivity index (χ3v) is 5.47. The predicted molar refractivity (Wildman–Crippen MR) is 151 cm³/mol. The number of aromatic nitrogens is 4. The maximum absolute atomic E-state index is 13.1. The summed E-state index contributed by atoms with van der Waals surface area (Å²) in [6.45, 7) is 13.7. The Bertz CT molecular complexity index is 1160. The van der Waals surface area contributed by atoms with Crippen molar-refractivity contribution in [1.82, 2.24) is 19.7 Å². The Morgan fingerprint density at radius 1 is 1.25 bits per heavy atom. The van der Waals surface area contributed by atoms with Crippen molar-refractivity contribution in [1.29, 1.82) is 0 Å². The topological polar surface area (TPSA) is 55.6 Å². The van der Waals surface area contributed by atoms with Crippen LogP contribution >= 0.6 is 22.6 Å². The van der Waals surface area contributed by atoms with Gasteiger partial charge < -0.3 is 5.32 Å². The average Bonchev–Trinajstić information content (AvgIpc) is 3.28. The van der Waals surface area contributed by atoms with Crippen LogP contribution in [0.4, 0.5) is 19.0 Å². The fourth-order valence-corrected chi connectivity index (χ4v) is 3.85. The number of aryl methyl sites for hydroxylation is 1. The Kier molecular flexibility index (Phi) is 11.4. The molecular formula is C27H35F3IN5. The van der Waals surface area contributed by atoms with Crippen LogP contribution in [0, 0.1) is 5.92 Å². The molecule has 1 aliphatic rings. The average molecular weight is 614 g/mol. The van der Waals surface area contributed by atoms with E-state index in [4.69, 9.17) is 0 Å². The van der Waals surface area contributed by atoms with Crippen LogP contribution in [0.15, 0.2) is 54.9 Å². The number of hydrogen-bond acceptors (Lipinski definition) is 4. The Morgan fingerprint density at radius 3 is 2.58 bits per heavy atom. The van der Waals surface area contributed by atoms with Gasteiger partial charge in [-0.05, 0) is 53.0 Å². The number of nitrogens with zero attached hydrogens (tertiary/aromatic N) is 4. The van der Waals surface area contributed by atoms with Gasteiger partial charge in [0.15, 0.2) is 5.82 Å². The minimum Gasteiger partial charge on any atom is -0.360 e. The van der Waals surface area contributed by atoms with E-state index in [1.54, 1.807) is 12.4 Å². The van der Waals surface area contributed by atoms with Crippen LogP contribution in [0.25, 0.3) is 16.5 Å². The van der Waals surface area contributed by atoms with Crippen LogP contribution < -0.4 is 5.32 Å². The van der Waals surface area contributed by atoms with Crippen molar-refractivity contribution >= 4 is 44.9 Å². The van der Waals surface area contributed by atoms with Gasteiger partial charge in [-0.1, -0.05) is 69.9 Å². The highest BCUT2D eigenvalue weighted by atomic mass is 127. The molecule has 5 nitrogen and oxygen atoms in total. The summed E-state index contributed by atoms with van der Waals surface area (Å²) in [6, 6.07) is 7.58. The van der Waals surface area contributed by atoms with Gasteiger partial charge in [-0.15, -0.1) is 0 Å². The van der Waals surface area contributed by atoms with Gasteiger partial charge in [-0.3, -0.25) is 9.67 Å². The zero-order valence-corrected chi connectivity index (χ0v) is 23.7. The number of halogens is 4. The number of hydrogen-bond donors (Lipinski definition) is 1. The standard InChI is InChI=1S/C23H24F3N5.C2H5I.C2H6/c1-14(2)17(12-15(3)23(24,25)26)19-13-20-18(7-5-11-31(20)30-19)29-22-21-16(8-10-28-22)6-4-9-27-21;1-2-3;1-2/h4,6,8-10,12-14,18H,3,5,7,11H2,1-2H3,(H,28,29);2H2,1H3;1-2H3/b17-12+;;. The van der Waals surface area contributed by atoms with Crippen molar-refractivity contribution < 1.29 is 13.2 Å². The number of nitrogens with one attached hydrogen (secondary N) is 1. The van der Waals surface area contributed by atoms with E-state index < -0.39 is 11.7 Å². The molecule has 0 bridgehead atoms. The third-order valence-electron chi connectivity index (χ3n) is 5.47. The second kappa shape index (κ2) is 13.8. The van der Waals surface area contributed by atoms with Gasteiger partial charge in [0.1, 0.15) is 5.52 Å². The van der Waals surface area contributed by atoms with Crippen molar-refractivity contribution in [2.45, 2.75) is 66.2 Å². The van der Waals surface area contributed by atoms with Crippen molar-refractivity contribution in [3.8, 4) is 0 Å². The molecule has 196 valence electrons. The van der Waals surface area contributed by atoms with Crippen LogP contribution in [0.5, 0.6) is 0 Å². The number of anilines is 1. The maximum atomic E-state index is 13.1. The molecule has 36 heavy (non-hydrogen) atoms. The normalized spacial score (nSPS) is 15.4. The minimum atomic E-state index is -4.46. The molecule has 0 saturated carbocycles. The van der Waals surface area contributed by atoms with Crippen LogP contribution in [-0.4, -0.2) is 30.4 Å². The summed E-state index contributed by atoms with van der Waals surface area (Å²) in [6.07, 6.45) is 1.88. The lowest BCUT2D eigenvalue weighted by molar-refractivity contribution is -0.0877. The van der Waals surface area contributed by atoms with Crippen LogP contribution in [-0.2, 0) is 6.54 Å². The number of alkyl halides is 4. The van der Waals surface area contributed by atoms with Gasteiger partial charge in [-0.2, -0.15) is 18.3 Å². The molecule has 0 saturated heterocycles. The van der Waals surface area contributed by atoms with E-state index in [9.17, 15) is 13.2 Å². The fraction of sp³-hybridized carbons (Fsp3) is 0.444. The Hall–Kier alpha value is -2.43. The molecule has 1 aliphatic heterocycles. The summed E-state index contributed by atoms with van der Waals surface area (Å²) in [5, 5.41) is 9.09. The molecule has 4 heterocycles. The number of pyridine rings is 2. The highest BCUT2D eigenvalue weighted by Gasteiger charge is 2.32. The highest BCUT2D eigenvalue weighted by Crippen LogP contribution is 2.35. The van der Waals surface area contributed by atoms with Gasteiger partial charge in [-0.25, -0.2) is 4.98 Å². The quantitative estimate of drug-likeness (QED) is 0.178. The molecule has 3 aromatic heterocycles. The monoisotopic (exact) mass is 613 g/mol. The first-order valence-corrected chi connectivity index (χ1v) is 13.8. The van der Waals surface area contributed by atoms with Crippen LogP contribution in [0.1, 0.15) is 64.9 Å². The van der Waals surface area contributed by atoms with E-state index in [1.807, 2.05) is 56.6 Å². The second-order valence-corrected chi connectivity index (χ2v) is 9.82. The molecule has 9 heteroatoms. The Morgan fingerprint density at radius 2 is 1.94 bits per heavy atom. The van der Waals surface area contributed by atoms with Gasteiger partial charge in [0.2, 0.25) is 0 Å². The first-order valence-electron chi connectivity index (χ1n) is 12.2. The lowest BCUT2D eigenvalue weighted by Crippen LogP contribution is -2.22. The molecule has 0 aliphatic carbocycles. The van der Waals surface area contributed by atoms with Crippen LogP contribution in [0.2, 0.25) is 0 Å². The first-order chi connectivity index (χ1) is 17.2. The lowest BCUT2D eigenvalue weighted by Gasteiger charge is -2.25. The molecule has 0 spiro atoms. The van der Waals surface area contributed by atoms with E-state index in [1.165, 1.54) is 4.43 Å². The Labute approximate surface area is 225 Å². The molecule has 1 N–H and O–H groups in total. The zero-order chi connectivity index (χ0) is 26.9. The zero-order valence-electron chi connectivity index (χ0n) is 21.5.